The van der Waals surface area contributed by atoms with Crippen LogP contribution in [0.5, 0.6) is 5.75 Å². The predicted octanol–water partition coefficient (Wildman–Crippen LogP) is 2.62. The first kappa shape index (κ1) is 18.7. The molecule has 0 bridgehead atoms. The molecule has 7 heteroatoms. The SMILES string of the molecule is Cc1ccc(CN2C(=O)COc3ccc(C(=O)NCCc4cnc[nH]4)cc32)cc1. The van der Waals surface area contributed by atoms with Crippen molar-refractivity contribution in [1.29, 1.82) is 0 Å². The molecule has 0 radical (unpaired) electrons. The van der Waals surface area contributed by atoms with Crippen LogP contribution >= 0.6 is 0 Å². The molecule has 0 aliphatic carbocycles. The second-order valence-corrected chi connectivity index (χ2v) is 7.02. The average Bonchev–Trinajstić information content (AvgIpc) is 3.25. The lowest BCUT2D eigenvalue weighted by Gasteiger charge is -2.30. The van der Waals surface area contributed by atoms with Crippen LogP contribution in [-0.2, 0) is 17.8 Å². The number of fused-ring (bicyclic) bond motifs is 1. The lowest BCUT2D eigenvalue weighted by molar-refractivity contribution is -0.121. The fraction of sp³-hybridized carbons (Fsp3) is 0.227. The summed E-state index contributed by atoms with van der Waals surface area (Å²) in [5, 5.41) is 2.90. The highest BCUT2D eigenvalue weighted by atomic mass is 16.5. The zero-order valence-corrected chi connectivity index (χ0v) is 16.1. The summed E-state index contributed by atoms with van der Waals surface area (Å²) in [5.74, 6) is 0.279. The third kappa shape index (κ3) is 4.29. The summed E-state index contributed by atoms with van der Waals surface area (Å²) in [6.07, 6.45) is 4.01. The van der Waals surface area contributed by atoms with Gasteiger partial charge in [-0.25, -0.2) is 4.98 Å². The van der Waals surface area contributed by atoms with Crippen molar-refractivity contribution in [2.24, 2.45) is 0 Å². The minimum absolute atomic E-state index is 0.00537. The second-order valence-electron chi connectivity index (χ2n) is 7.02. The number of rotatable bonds is 6. The first-order chi connectivity index (χ1) is 14.1. The highest BCUT2D eigenvalue weighted by Crippen LogP contribution is 2.34. The molecule has 1 aromatic heterocycles. The predicted molar refractivity (Wildman–Crippen MR) is 109 cm³/mol. The second kappa shape index (κ2) is 8.18. The van der Waals surface area contributed by atoms with E-state index in [1.54, 1.807) is 35.6 Å². The van der Waals surface area contributed by atoms with Crippen LogP contribution < -0.4 is 15.0 Å². The van der Waals surface area contributed by atoms with E-state index in [-0.39, 0.29) is 18.4 Å². The highest BCUT2D eigenvalue weighted by Gasteiger charge is 2.26. The van der Waals surface area contributed by atoms with Crippen molar-refractivity contribution in [2.75, 3.05) is 18.1 Å². The maximum atomic E-state index is 12.6. The number of benzene rings is 2. The largest absolute Gasteiger partial charge is 0.482 e. The minimum Gasteiger partial charge on any atom is -0.482 e. The molecule has 7 nitrogen and oxygen atoms in total. The number of nitrogens with one attached hydrogen (secondary N) is 2. The highest BCUT2D eigenvalue weighted by molar-refractivity contribution is 6.01. The van der Waals surface area contributed by atoms with Gasteiger partial charge in [0.1, 0.15) is 5.75 Å². The molecule has 2 aromatic carbocycles. The van der Waals surface area contributed by atoms with E-state index in [0.717, 1.165) is 16.8 Å². The molecule has 3 aromatic rings. The van der Waals surface area contributed by atoms with Crippen molar-refractivity contribution in [3.8, 4) is 5.75 Å². The smallest absolute Gasteiger partial charge is 0.265 e. The number of aryl methyl sites for hydroxylation is 1. The quantitative estimate of drug-likeness (QED) is 0.677. The summed E-state index contributed by atoms with van der Waals surface area (Å²) in [4.78, 5) is 33.7. The number of hydrogen-bond donors (Lipinski definition) is 2. The molecule has 2 N–H and O–H groups in total. The average molecular weight is 390 g/mol. The first-order valence-electron chi connectivity index (χ1n) is 9.48. The molecule has 2 amide bonds. The Morgan fingerprint density at radius 2 is 2.07 bits per heavy atom. The zero-order chi connectivity index (χ0) is 20.2. The van der Waals surface area contributed by atoms with Crippen LogP contribution in [0.2, 0.25) is 0 Å². The zero-order valence-electron chi connectivity index (χ0n) is 16.1. The molecular weight excluding hydrogens is 368 g/mol. The van der Waals surface area contributed by atoms with Gasteiger partial charge in [0, 0.05) is 30.4 Å². The van der Waals surface area contributed by atoms with Gasteiger partial charge in [-0.05, 0) is 30.7 Å². The number of ether oxygens (including phenoxy) is 1. The molecule has 0 atom stereocenters. The van der Waals surface area contributed by atoms with Gasteiger partial charge in [-0.2, -0.15) is 0 Å². The topological polar surface area (TPSA) is 87.3 Å². The van der Waals surface area contributed by atoms with Crippen molar-refractivity contribution in [3.63, 3.8) is 0 Å². The van der Waals surface area contributed by atoms with Crippen LogP contribution in [-0.4, -0.2) is 34.9 Å². The summed E-state index contributed by atoms with van der Waals surface area (Å²) >= 11 is 0. The van der Waals surface area contributed by atoms with Crippen LogP contribution in [0.25, 0.3) is 0 Å². The Morgan fingerprint density at radius 1 is 1.24 bits per heavy atom. The number of amides is 2. The van der Waals surface area contributed by atoms with E-state index in [1.807, 2.05) is 31.2 Å². The number of imidazole rings is 1. The maximum Gasteiger partial charge on any atom is 0.265 e. The van der Waals surface area contributed by atoms with Crippen LogP contribution in [0.1, 0.15) is 27.2 Å². The summed E-state index contributed by atoms with van der Waals surface area (Å²) in [6.45, 7) is 2.94. The molecule has 0 unspecified atom stereocenters. The molecule has 2 heterocycles. The fourth-order valence-electron chi connectivity index (χ4n) is 3.23. The van der Waals surface area contributed by atoms with E-state index < -0.39 is 0 Å². The van der Waals surface area contributed by atoms with Gasteiger partial charge in [0.15, 0.2) is 6.61 Å². The van der Waals surface area contributed by atoms with Crippen LogP contribution in [0, 0.1) is 6.92 Å². The van der Waals surface area contributed by atoms with Gasteiger partial charge in [0.2, 0.25) is 0 Å². The third-order valence-electron chi connectivity index (χ3n) is 4.86. The third-order valence-corrected chi connectivity index (χ3v) is 4.86. The molecule has 1 aliphatic heterocycles. The number of carbonyl (C=O) groups is 2. The minimum atomic E-state index is -0.194. The summed E-state index contributed by atoms with van der Waals surface area (Å²) in [6, 6.07) is 13.2. The van der Waals surface area contributed by atoms with Gasteiger partial charge in [0.05, 0.1) is 18.6 Å². The number of anilines is 1. The van der Waals surface area contributed by atoms with Crippen LogP contribution in [0.15, 0.2) is 55.0 Å². The Morgan fingerprint density at radius 3 is 2.83 bits per heavy atom. The van der Waals surface area contributed by atoms with E-state index in [1.165, 1.54) is 0 Å². The number of aromatic nitrogens is 2. The fourth-order valence-corrected chi connectivity index (χ4v) is 3.23. The first-order valence-corrected chi connectivity index (χ1v) is 9.48. The van der Waals surface area contributed by atoms with Gasteiger partial charge >= 0.3 is 0 Å². The normalized spacial score (nSPS) is 13.0. The number of carbonyl (C=O) groups excluding carboxylic acids is 2. The van der Waals surface area contributed by atoms with E-state index in [9.17, 15) is 9.59 Å². The number of aromatic amines is 1. The van der Waals surface area contributed by atoms with Crippen molar-refractivity contribution < 1.29 is 14.3 Å². The molecule has 1 aliphatic rings. The van der Waals surface area contributed by atoms with E-state index >= 15 is 0 Å². The summed E-state index contributed by atoms with van der Waals surface area (Å²) < 4.78 is 5.55. The van der Waals surface area contributed by atoms with Gasteiger partial charge in [-0.3, -0.25) is 9.59 Å². The molecule has 148 valence electrons. The summed E-state index contributed by atoms with van der Waals surface area (Å²) in [7, 11) is 0. The Bertz CT molecular complexity index is 1010. The van der Waals surface area contributed by atoms with Crippen molar-refractivity contribution in [3.05, 3.63) is 77.4 Å². The molecule has 0 saturated heterocycles. The molecule has 0 fully saturated rings. The molecule has 29 heavy (non-hydrogen) atoms. The Balaban J connectivity index is 1.50. The van der Waals surface area contributed by atoms with E-state index in [4.69, 9.17) is 4.74 Å². The number of nitrogens with zero attached hydrogens (tertiary/aromatic N) is 2. The van der Waals surface area contributed by atoms with Crippen molar-refractivity contribution in [2.45, 2.75) is 19.9 Å². The van der Waals surface area contributed by atoms with E-state index in [0.29, 0.717) is 36.5 Å². The molecule has 0 saturated carbocycles. The maximum absolute atomic E-state index is 12.6. The lowest BCUT2D eigenvalue weighted by Crippen LogP contribution is -2.38. The summed E-state index contributed by atoms with van der Waals surface area (Å²) in [5.41, 5.74) is 4.24. The van der Waals surface area contributed by atoms with Gasteiger partial charge in [-0.1, -0.05) is 29.8 Å². The lowest BCUT2D eigenvalue weighted by atomic mass is 10.1. The van der Waals surface area contributed by atoms with Crippen molar-refractivity contribution in [1.82, 2.24) is 15.3 Å². The Hall–Kier alpha value is -3.61. The molecule has 4 rings (SSSR count). The van der Waals surface area contributed by atoms with Crippen LogP contribution in [0.3, 0.4) is 0 Å². The van der Waals surface area contributed by atoms with Gasteiger partial charge < -0.3 is 19.9 Å². The van der Waals surface area contributed by atoms with Crippen molar-refractivity contribution >= 4 is 17.5 Å². The Kier molecular flexibility index (Phi) is 5.29. The molecule has 0 spiro atoms. The number of hydrogen-bond acceptors (Lipinski definition) is 4. The van der Waals surface area contributed by atoms with Gasteiger partial charge in [-0.15, -0.1) is 0 Å². The Labute approximate surface area is 168 Å². The van der Waals surface area contributed by atoms with Crippen LogP contribution in [0.4, 0.5) is 5.69 Å². The standard InChI is InChI=1S/C22H22N4O3/c1-15-2-4-16(5-3-15)12-26-19-10-17(6-7-20(19)29-13-21(26)27)22(28)24-9-8-18-11-23-14-25-18/h2-7,10-11,14H,8-9,12-13H2,1H3,(H,23,25)(H,24,28). The van der Waals surface area contributed by atoms with E-state index in [2.05, 4.69) is 15.3 Å². The monoisotopic (exact) mass is 390 g/mol. The number of H-pyrrole nitrogens is 1. The van der Waals surface area contributed by atoms with Gasteiger partial charge in [0.25, 0.3) is 11.8 Å². The molecular formula is C22H22N4O3.